The summed E-state index contributed by atoms with van der Waals surface area (Å²) in [6.45, 7) is 0. The number of rotatable bonds is 1. The van der Waals surface area contributed by atoms with Gasteiger partial charge in [-0.3, -0.25) is 0 Å². The third-order valence-corrected chi connectivity index (χ3v) is 2.86. The summed E-state index contributed by atoms with van der Waals surface area (Å²) in [6, 6.07) is 5.81. The topological polar surface area (TPSA) is 25.8 Å². The molecule has 3 rings (SSSR count). The third kappa shape index (κ3) is 1.26. The second-order valence-corrected chi connectivity index (χ2v) is 4.08. The Balaban J connectivity index is 2.27. The van der Waals surface area contributed by atoms with Gasteiger partial charge in [-0.1, -0.05) is 11.6 Å². The Morgan fingerprint density at radius 1 is 1.36 bits per heavy atom. The van der Waals surface area contributed by atoms with E-state index in [4.69, 9.17) is 11.6 Å². The molecular weight excluding hydrogens is 196 g/mol. The number of fused-ring (bicyclic) bond motifs is 1. The van der Waals surface area contributed by atoms with Crippen molar-refractivity contribution in [3.05, 3.63) is 35.1 Å². The van der Waals surface area contributed by atoms with Crippen LogP contribution in [0.4, 0.5) is 0 Å². The largest absolute Gasteiger partial charge is 0.237 e. The molecule has 2 aromatic heterocycles. The smallest absolute Gasteiger partial charge is 0.160 e. The van der Waals surface area contributed by atoms with E-state index in [2.05, 4.69) is 9.97 Å². The molecule has 2 nitrogen and oxygen atoms in total. The standard InChI is InChI=1S/C11H9ClN2/c12-9-6-10(7-3-4-7)14-11-8(9)2-1-5-13-11/h1-2,5-7H,3-4H2. The molecule has 0 radical (unpaired) electrons. The first-order chi connectivity index (χ1) is 6.84. The molecule has 0 unspecified atom stereocenters. The highest BCUT2D eigenvalue weighted by molar-refractivity contribution is 6.35. The lowest BCUT2D eigenvalue weighted by Crippen LogP contribution is -1.90. The molecule has 2 aromatic rings. The number of nitrogens with zero attached hydrogens (tertiary/aromatic N) is 2. The van der Waals surface area contributed by atoms with Crippen LogP contribution in [0.1, 0.15) is 24.5 Å². The summed E-state index contributed by atoms with van der Waals surface area (Å²) in [4.78, 5) is 8.72. The molecule has 14 heavy (non-hydrogen) atoms. The van der Waals surface area contributed by atoms with Crippen LogP contribution in [-0.2, 0) is 0 Å². The fraction of sp³-hybridized carbons (Fsp3) is 0.273. The van der Waals surface area contributed by atoms with Crippen molar-refractivity contribution in [3.63, 3.8) is 0 Å². The molecule has 0 spiro atoms. The first-order valence-electron chi connectivity index (χ1n) is 4.76. The maximum atomic E-state index is 6.15. The number of pyridine rings is 2. The monoisotopic (exact) mass is 204 g/mol. The minimum atomic E-state index is 0.624. The summed E-state index contributed by atoms with van der Waals surface area (Å²) in [6.07, 6.45) is 4.23. The van der Waals surface area contributed by atoms with Crippen molar-refractivity contribution in [2.75, 3.05) is 0 Å². The molecule has 1 saturated carbocycles. The van der Waals surface area contributed by atoms with E-state index in [1.54, 1.807) is 6.20 Å². The number of aromatic nitrogens is 2. The molecule has 3 heteroatoms. The van der Waals surface area contributed by atoms with Crippen LogP contribution in [0, 0.1) is 0 Å². The quantitative estimate of drug-likeness (QED) is 0.713. The average Bonchev–Trinajstić information content (AvgIpc) is 3.01. The maximum absolute atomic E-state index is 6.15. The van der Waals surface area contributed by atoms with Gasteiger partial charge in [-0.05, 0) is 31.0 Å². The predicted octanol–water partition coefficient (Wildman–Crippen LogP) is 3.16. The fourth-order valence-electron chi connectivity index (χ4n) is 1.62. The van der Waals surface area contributed by atoms with E-state index in [-0.39, 0.29) is 0 Å². The minimum absolute atomic E-state index is 0.624. The lowest BCUT2D eigenvalue weighted by Gasteiger charge is -2.02. The zero-order valence-corrected chi connectivity index (χ0v) is 8.33. The van der Waals surface area contributed by atoms with E-state index in [0.717, 1.165) is 21.7 Å². The number of hydrogen-bond acceptors (Lipinski definition) is 2. The maximum Gasteiger partial charge on any atom is 0.160 e. The van der Waals surface area contributed by atoms with Gasteiger partial charge in [-0.25, -0.2) is 9.97 Å². The third-order valence-electron chi connectivity index (χ3n) is 2.55. The molecular formula is C11H9ClN2. The normalized spacial score (nSPS) is 16.1. The van der Waals surface area contributed by atoms with Crippen LogP contribution in [0.2, 0.25) is 5.02 Å². The molecule has 0 aromatic carbocycles. The van der Waals surface area contributed by atoms with Crippen LogP contribution >= 0.6 is 11.6 Å². The van der Waals surface area contributed by atoms with E-state index < -0.39 is 0 Å². The lowest BCUT2D eigenvalue weighted by molar-refractivity contribution is 1.03. The highest BCUT2D eigenvalue weighted by atomic mass is 35.5. The van der Waals surface area contributed by atoms with Crippen LogP contribution in [0.5, 0.6) is 0 Å². The van der Waals surface area contributed by atoms with Crippen LogP contribution in [0.3, 0.4) is 0 Å². The van der Waals surface area contributed by atoms with Gasteiger partial charge in [0.15, 0.2) is 5.65 Å². The van der Waals surface area contributed by atoms with E-state index in [1.807, 2.05) is 18.2 Å². The van der Waals surface area contributed by atoms with E-state index in [9.17, 15) is 0 Å². The summed E-state index contributed by atoms with van der Waals surface area (Å²) in [7, 11) is 0. The Hall–Kier alpha value is -1.15. The average molecular weight is 205 g/mol. The Kier molecular flexibility index (Phi) is 1.71. The van der Waals surface area contributed by atoms with Crippen molar-refractivity contribution in [3.8, 4) is 0 Å². The molecule has 0 amide bonds. The van der Waals surface area contributed by atoms with Gasteiger partial charge in [-0.2, -0.15) is 0 Å². The molecule has 1 aliphatic rings. The van der Waals surface area contributed by atoms with Gasteiger partial charge in [-0.15, -0.1) is 0 Å². The molecule has 0 saturated heterocycles. The van der Waals surface area contributed by atoms with Crippen LogP contribution in [0.15, 0.2) is 24.4 Å². The minimum Gasteiger partial charge on any atom is -0.237 e. The van der Waals surface area contributed by atoms with Crippen LogP contribution in [-0.4, -0.2) is 9.97 Å². The van der Waals surface area contributed by atoms with Crippen molar-refractivity contribution in [2.24, 2.45) is 0 Å². The van der Waals surface area contributed by atoms with E-state index >= 15 is 0 Å². The SMILES string of the molecule is Clc1cc(C2CC2)nc2ncccc12. The molecule has 2 heterocycles. The number of hydrogen-bond donors (Lipinski definition) is 0. The van der Waals surface area contributed by atoms with E-state index in [0.29, 0.717) is 5.92 Å². The van der Waals surface area contributed by atoms with Crippen molar-refractivity contribution >= 4 is 22.6 Å². The van der Waals surface area contributed by atoms with Crippen molar-refractivity contribution in [1.29, 1.82) is 0 Å². The zero-order chi connectivity index (χ0) is 9.54. The second kappa shape index (κ2) is 2.92. The van der Waals surface area contributed by atoms with Crippen molar-refractivity contribution in [1.82, 2.24) is 9.97 Å². The second-order valence-electron chi connectivity index (χ2n) is 3.68. The summed E-state index contributed by atoms with van der Waals surface area (Å²) < 4.78 is 0. The molecule has 70 valence electrons. The summed E-state index contributed by atoms with van der Waals surface area (Å²) >= 11 is 6.15. The Morgan fingerprint density at radius 2 is 2.21 bits per heavy atom. The molecule has 0 N–H and O–H groups in total. The van der Waals surface area contributed by atoms with Gasteiger partial charge >= 0.3 is 0 Å². The van der Waals surface area contributed by atoms with Crippen molar-refractivity contribution < 1.29 is 0 Å². The first-order valence-corrected chi connectivity index (χ1v) is 5.13. The van der Waals surface area contributed by atoms with Gasteiger partial charge in [0.1, 0.15) is 0 Å². The Bertz CT molecular complexity index is 492. The van der Waals surface area contributed by atoms with Gasteiger partial charge in [0.25, 0.3) is 0 Å². The molecule has 0 aliphatic heterocycles. The lowest BCUT2D eigenvalue weighted by atomic mass is 10.2. The molecule has 0 bridgehead atoms. The highest BCUT2D eigenvalue weighted by Crippen LogP contribution is 2.40. The number of halogens is 1. The predicted molar refractivity (Wildman–Crippen MR) is 56.5 cm³/mol. The van der Waals surface area contributed by atoms with Gasteiger partial charge in [0, 0.05) is 23.2 Å². The summed E-state index contributed by atoms with van der Waals surface area (Å²) in [5, 5.41) is 1.71. The van der Waals surface area contributed by atoms with Gasteiger partial charge in [0.05, 0.1) is 5.02 Å². The Labute approximate surface area is 86.9 Å². The molecule has 1 fully saturated rings. The Morgan fingerprint density at radius 3 is 3.00 bits per heavy atom. The molecule has 0 atom stereocenters. The van der Waals surface area contributed by atoms with E-state index in [1.165, 1.54) is 12.8 Å². The zero-order valence-electron chi connectivity index (χ0n) is 7.57. The van der Waals surface area contributed by atoms with Crippen LogP contribution in [0.25, 0.3) is 11.0 Å². The fourth-order valence-corrected chi connectivity index (χ4v) is 1.88. The van der Waals surface area contributed by atoms with Crippen LogP contribution < -0.4 is 0 Å². The van der Waals surface area contributed by atoms with Gasteiger partial charge in [0.2, 0.25) is 0 Å². The summed E-state index contributed by atoms with van der Waals surface area (Å²) in [5.41, 5.74) is 1.86. The van der Waals surface area contributed by atoms with Gasteiger partial charge < -0.3 is 0 Å². The molecule has 1 aliphatic carbocycles. The summed E-state index contributed by atoms with van der Waals surface area (Å²) in [5.74, 6) is 0.624. The highest BCUT2D eigenvalue weighted by Gasteiger charge is 2.25. The van der Waals surface area contributed by atoms with Crippen molar-refractivity contribution in [2.45, 2.75) is 18.8 Å². The first kappa shape index (κ1) is 8.18.